The molecule has 0 fully saturated rings. The Morgan fingerprint density at radius 1 is 1.58 bits per heavy atom. The SMILES string of the molecule is CCNC(C)(CC(=O)O)c1cc([N+](=O)[O-])ccc1F. The topological polar surface area (TPSA) is 92.5 Å². The number of hydrogen-bond acceptors (Lipinski definition) is 4. The molecule has 19 heavy (non-hydrogen) atoms. The fraction of sp³-hybridized carbons (Fsp3) is 0.417. The summed E-state index contributed by atoms with van der Waals surface area (Å²) in [4.78, 5) is 21.0. The molecule has 104 valence electrons. The highest BCUT2D eigenvalue weighted by Crippen LogP contribution is 2.30. The smallest absolute Gasteiger partial charge is 0.305 e. The van der Waals surface area contributed by atoms with Gasteiger partial charge in [-0.1, -0.05) is 6.92 Å². The van der Waals surface area contributed by atoms with Crippen LogP contribution in [0.25, 0.3) is 0 Å². The van der Waals surface area contributed by atoms with Crippen LogP contribution in [0.4, 0.5) is 10.1 Å². The summed E-state index contributed by atoms with van der Waals surface area (Å²) < 4.78 is 13.8. The van der Waals surface area contributed by atoms with Gasteiger partial charge in [0.1, 0.15) is 5.82 Å². The first-order valence-electron chi connectivity index (χ1n) is 5.71. The lowest BCUT2D eigenvalue weighted by Crippen LogP contribution is -2.42. The molecule has 0 aromatic heterocycles. The molecular weight excluding hydrogens is 255 g/mol. The van der Waals surface area contributed by atoms with E-state index in [0.29, 0.717) is 6.54 Å². The average molecular weight is 270 g/mol. The van der Waals surface area contributed by atoms with Crippen molar-refractivity contribution in [2.45, 2.75) is 25.8 Å². The van der Waals surface area contributed by atoms with Gasteiger partial charge < -0.3 is 10.4 Å². The van der Waals surface area contributed by atoms with E-state index < -0.39 is 22.2 Å². The van der Waals surface area contributed by atoms with E-state index in [9.17, 15) is 19.3 Å². The second kappa shape index (κ2) is 5.75. The van der Waals surface area contributed by atoms with Gasteiger partial charge in [-0.05, 0) is 19.5 Å². The molecule has 0 saturated carbocycles. The van der Waals surface area contributed by atoms with Crippen LogP contribution < -0.4 is 5.32 Å². The monoisotopic (exact) mass is 270 g/mol. The third-order valence-corrected chi connectivity index (χ3v) is 2.83. The lowest BCUT2D eigenvalue weighted by atomic mass is 9.87. The Balaban J connectivity index is 3.32. The van der Waals surface area contributed by atoms with Crippen LogP contribution in [0.15, 0.2) is 18.2 Å². The van der Waals surface area contributed by atoms with Crippen molar-refractivity contribution < 1.29 is 19.2 Å². The number of carboxylic acids is 1. The largest absolute Gasteiger partial charge is 0.481 e. The standard InChI is InChI=1S/C12H15FN2O4/c1-3-14-12(2,7-11(16)17)9-6-8(15(18)19)4-5-10(9)13/h4-6,14H,3,7H2,1-2H3,(H,16,17). The Bertz CT molecular complexity index is 507. The summed E-state index contributed by atoms with van der Waals surface area (Å²) in [7, 11) is 0. The zero-order valence-corrected chi connectivity index (χ0v) is 10.6. The number of rotatable bonds is 6. The highest BCUT2D eigenvalue weighted by Gasteiger charge is 2.32. The molecule has 0 aliphatic rings. The Labute approximate surface area is 109 Å². The average Bonchev–Trinajstić information content (AvgIpc) is 2.28. The van der Waals surface area contributed by atoms with Crippen molar-refractivity contribution in [2.75, 3.05) is 6.54 Å². The predicted molar refractivity (Wildman–Crippen MR) is 66.3 cm³/mol. The molecule has 0 spiro atoms. The molecule has 0 aliphatic carbocycles. The molecule has 1 aromatic rings. The quantitative estimate of drug-likeness (QED) is 0.609. The van der Waals surface area contributed by atoms with Gasteiger partial charge in [0.15, 0.2) is 0 Å². The summed E-state index contributed by atoms with van der Waals surface area (Å²) in [5.41, 5.74) is -1.49. The second-order valence-corrected chi connectivity index (χ2v) is 4.35. The number of benzene rings is 1. The van der Waals surface area contributed by atoms with Gasteiger partial charge >= 0.3 is 5.97 Å². The zero-order valence-electron chi connectivity index (χ0n) is 10.6. The molecule has 0 saturated heterocycles. The van der Waals surface area contributed by atoms with E-state index in [1.165, 1.54) is 6.92 Å². The number of nitrogens with zero attached hydrogens (tertiary/aromatic N) is 1. The van der Waals surface area contributed by atoms with Crippen molar-refractivity contribution >= 4 is 11.7 Å². The molecule has 7 heteroatoms. The van der Waals surface area contributed by atoms with Crippen LogP contribution in [-0.4, -0.2) is 22.5 Å². The van der Waals surface area contributed by atoms with Gasteiger partial charge in [-0.25, -0.2) is 4.39 Å². The Hall–Kier alpha value is -2.02. The van der Waals surface area contributed by atoms with Crippen molar-refractivity contribution in [1.82, 2.24) is 5.32 Å². The van der Waals surface area contributed by atoms with Crippen LogP contribution in [0.2, 0.25) is 0 Å². The Morgan fingerprint density at radius 3 is 2.68 bits per heavy atom. The molecule has 0 amide bonds. The fourth-order valence-electron chi connectivity index (χ4n) is 2.00. The summed E-state index contributed by atoms with van der Waals surface area (Å²) in [6, 6.07) is 3.10. The third kappa shape index (κ3) is 3.47. The van der Waals surface area contributed by atoms with Gasteiger partial charge in [0, 0.05) is 17.7 Å². The maximum Gasteiger partial charge on any atom is 0.305 e. The number of carboxylic acid groups (broad SMARTS) is 1. The summed E-state index contributed by atoms with van der Waals surface area (Å²) in [5, 5.41) is 22.5. The van der Waals surface area contributed by atoms with Crippen molar-refractivity contribution in [3.63, 3.8) is 0 Å². The number of carbonyl (C=O) groups is 1. The molecule has 6 nitrogen and oxygen atoms in total. The molecule has 1 unspecified atom stereocenters. The molecule has 2 N–H and O–H groups in total. The van der Waals surface area contributed by atoms with E-state index in [1.807, 2.05) is 0 Å². The normalized spacial score (nSPS) is 13.8. The number of nitro groups is 1. The molecular formula is C12H15FN2O4. The minimum Gasteiger partial charge on any atom is -0.481 e. The number of hydrogen-bond donors (Lipinski definition) is 2. The number of halogens is 1. The van der Waals surface area contributed by atoms with E-state index in [-0.39, 0.29) is 17.7 Å². The highest BCUT2D eigenvalue weighted by atomic mass is 19.1. The molecule has 0 radical (unpaired) electrons. The van der Waals surface area contributed by atoms with E-state index >= 15 is 0 Å². The summed E-state index contributed by atoms with van der Waals surface area (Å²) in [5.74, 6) is -1.79. The lowest BCUT2D eigenvalue weighted by Gasteiger charge is -2.29. The van der Waals surface area contributed by atoms with Gasteiger partial charge in [0.25, 0.3) is 5.69 Å². The van der Waals surface area contributed by atoms with E-state index in [2.05, 4.69) is 5.32 Å². The van der Waals surface area contributed by atoms with Crippen LogP contribution in [0.5, 0.6) is 0 Å². The summed E-state index contributed by atoms with van der Waals surface area (Å²) in [6.45, 7) is 3.66. The predicted octanol–water partition coefficient (Wildman–Crippen LogP) is 2.03. The Kier molecular flexibility index (Phi) is 4.55. The van der Waals surface area contributed by atoms with Crippen LogP contribution >= 0.6 is 0 Å². The molecule has 0 heterocycles. The molecule has 0 bridgehead atoms. The van der Waals surface area contributed by atoms with Gasteiger partial charge in [-0.3, -0.25) is 14.9 Å². The lowest BCUT2D eigenvalue weighted by molar-refractivity contribution is -0.385. The second-order valence-electron chi connectivity index (χ2n) is 4.35. The van der Waals surface area contributed by atoms with E-state index in [1.54, 1.807) is 6.92 Å². The first kappa shape index (κ1) is 15.0. The first-order chi connectivity index (χ1) is 8.80. The van der Waals surface area contributed by atoms with Gasteiger partial charge in [0.05, 0.1) is 16.9 Å². The minimum absolute atomic E-state index is 0.0223. The Morgan fingerprint density at radius 2 is 2.21 bits per heavy atom. The molecule has 1 rings (SSSR count). The summed E-state index contributed by atoms with van der Waals surface area (Å²) in [6.07, 6.45) is -0.376. The van der Waals surface area contributed by atoms with E-state index in [0.717, 1.165) is 18.2 Å². The first-order valence-corrected chi connectivity index (χ1v) is 5.71. The van der Waals surface area contributed by atoms with Gasteiger partial charge in [0.2, 0.25) is 0 Å². The van der Waals surface area contributed by atoms with Crippen molar-refractivity contribution in [1.29, 1.82) is 0 Å². The zero-order chi connectivity index (χ0) is 14.6. The molecule has 0 aliphatic heterocycles. The van der Waals surface area contributed by atoms with Crippen LogP contribution in [-0.2, 0) is 10.3 Å². The van der Waals surface area contributed by atoms with Crippen molar-refractivity contribution in [3.05, 3.63) is 39.7 Å². The van der Waals surface area contributed by atoms with E-state index in [4.69, 9.17) is 5.11 Å². The number of aliphatic carboxylic acids is 1. The van der Waals surface area contributed by atoms with Crippen LogP contribution in [0.1, 0.15) is 25.8 Å². The maximum atomic E-state index is 13.8. The maximum absolute atomic E-state index is 13.8. The third-order valence-electron chi connectivity index (χ3n) is 2.83. The highest BCUT2D eigenvalue weighted by molar-refractivity contribution is 5.69. The van der Waals surface area contributed by atoms with Gasteiger partial charge in [-0.2, -0.15) is 0 Å². The van der Waals surface area contributed by atoms with Crippen molar-refractivity contribution in [2.24, 2.45) is 0 Å². The van der Waals surface area contributed by atoms with Crippen LogP contribution in [0, 0.1) is 15.9 Å². The van der Waals surface area contributed by atoms with Gasteiger partial charge in [-0.15, -0.1) is 0 Å². The number of nitrogens with one attached hydrogen (secondary N) is 1. The number of nitro benzene ring substituents is 1. The fourth-order valence-corrected chi connectivity index (χ4v) is 2.00. The van der Waals surface area contributed by atoms with Crippen LogP contribution in [0.3, 0.4) is 0 Å². The molecule has 1 aromatic carbocycles. The van der Waals surface area contributed by atoms with Crippen molar-refractivity contribution in [3.8, 4) is 0 Å². The summed E-state index contributed by atoms with van der Waals surface area (Å²) >= 11 is 0. The number of non-ortho nitro benzene ring substituents is 1. The minimum atomic E-state index is -1.20. The molecule has 1 atom stereocenters.